The minimum atomic E-state index is -0.297. The highest BCUT2D eigenvalue weighted by molar-refractivity contribution is 7.13. The van der Waals surface area contributed by atoms with Gasteiger partial charge in [-0.05, 0) is 12.5 Å². The Balaban J connectivity index is 1.70. The lowest BCUT2D eigenvalue weighted by molar-refractivity contribution is 0.252. The Hall–Kier alpha value is -1.57. The van der Waals surface area contributed by atoms with Gasteiger partial charge in [-0.1, -0.05) is 30.1 Å². The Bertz CT molecular complexity index is 649. The van der Waals surface area contributed by atoms with E-state index in [9.17, 15) is 4.79 Å². The van der Waals surface area contributed by atoms with E-state index >= 15 is 0 Å². The fourth-order valence-corrected chi connectivity index (χ4v) is 2.81. The van der Waals surface area contributed by atoms with Crippen LogP contribution in [0, 0.1) is 0 Å². The number of nitrogens with one attached hydrogen (secondary N) is 3. The SMILES string of the molecule is CCc1csc(NC(=O)NCCNc2ncc(Cl)cc2Cl)n1. The quantitative estimate of drug-likeness (QED) is 0.687. The highest BCUT2D eigenvalue weighted by Crippen LogP contribution is 2.22. The van der Waals surface area contributed by atoms with Crippen LogP contribution in [0.4, 0.5) is 15.7 Å². The molecule has 22 heavy (non-hydrogen) atoms. The first-order valence-electron chi connectivity index (χ1n) is 6.62. The molecule has 0 fully saturated rings. The number of amides is 2. The van der Waals surface area contributed by atoms with E-state index in [1.807, 2.05) is 12.3 Å². The number of aromatic nitrogens is 2. The predicted molar refractivity (Wildman–Crippen MR) is 91.3 cm³/mol. The van der Waals surface area contributed by atoms with Gasteiger partial charge < -0.3 is 10.6 Å². The first-order valence-corrected chi connectivity index (χ1v) is 8.26. The molecular weight excluding hydrogens is 345 g/mol. The average molecular weight is 360 g/mol. The molecule has 3 N–H and O–H groups in total. The molecule has 0 saturated carbocycles. The van der Waals surface area contributed by atoms with Gasteiger partial charge in [0, 0.05) is 24.7 Å². The van der Waals surface area contributed by atoms with Gasteiger partial charge in [0.25, 0.3) is 0 Å². The lowest BCUT2D eigenvalue weighted by Crippen LogP contribution is -2.32. The normalized spacial score (nSPS) is 10.3. The van der Waals surface area contributed by atoms with Gasteiger partial charge in [0.05, 0.1) is 15.7 Å². The summed E-state index contributed by atoms with van der Waals surface area (Å²) in [5.74, 6) is 0.529. The molecule has 0 radical (unpaired) electrons. The molecule has 0 bridgehead atoms. The van der Waals surface area contributed by atoms with Crippen molar-refractivity contribution in [2.24, 2.45) is 0 Å². The van der Waals surface area contributed by atoms with Crippen LogP contribution in [-0.2, 0) is 6.42 Å². The lowest BCUT2D eigenvalue weighted by atomic mass is 10.4. The zero-order valence-corrected chi connectivity index (χ0v) is 14.1. The second-order valence-corrected chi connectivity index (χ2v) is 5.99. The molecule has 0 unspecified atom stereocenters. The van der Waals surface area contributed by atoms with Crippen molar-refractivity contribution in [3.8, 4) is 0 Å². The third kappa shape index (κ3) is 5.01. The number of pyridine rings is 1. The summed E-state index contributed by atoms with van der Waals surface area (Å²) in [6, 6.07) is 1.31. The number of anilines is 2. The Kier molecular flexibility index (Phi) is 6.23. The van der Waals surface area contributed by atoms with Crippen molar-refractivity contribution in [3.05, 3.63) is 33.4 Å². The molecule has 2 amide bonds. The molecule has 0 aliphatic rings. The van der Waals surface area contributed by atoms with Crippen LogP contribution in [0.15, 0.2) is 17.6 Å². The van der Waals surface area contributed by atoms with Crippen molar-refractivity contribution in [3.63, 3.8) is 0 Å². The molecule has 0 spiro atoms. The van der Waals surface area contributed by atoms with E-state index in [4.69, 9.17) is 23.2 Å². The Morgan fingerprint density at radius 2 is 2.18 bits per heavy atom. The molecule has 2 aromatic rings. The molecule has 0 atom stereocenters. The van der Waals surface area contributed by atoms with E-state index in [2.05, 4.69) is 25.9 Å². The van der Waals surface area contributed by atoms with Crippen molar-refractivity contribution in [2.75, 3.05) is 23.7 Å². The summed E-state index contributed by atoms with van der Waals surface area (Å²) in [4.78, 5) is 20.0. The smallest absolute Gasteiger partial charge is 0.321 e. The van der Waals surface area contributed by atoms with Gasteiger partial charge in [-0.25, -0.2) is 14.8 Å². The van der Waals surface area contributed by atoms with E-state index in [0.29, 0.717) is 34.1 Å². The van der Waals surface area contributed by atoms with Gasteiger partial charge in [-0.3, -0.25) is 5.32 Å². The van der Waals surface area contributed by atoms with Crippen LogP contribution < -0.4 is 16.0 Å². The summed E-state index contributed by atoms with van der Waals surface area (Å²) in [6.45, 7) is 2.92. The van der Waals surface area contributed by atoms with Crippen LogP contribution in [0.5, 0.6) is 0 Å². The van der Waals surface area contributed by atoms with Crippen LogP contribution in [0.2, 0.25) is 10.0 Å². The third-order valence-corrected chi connectivity index (χ3v) is 3.95. The maximum Gasteiger partial charge on any atom is 0.321 e. The number of hydrogen-bond donors (Lipinski definition) is 3. The standard InChI is InChI=1S/C13H15Cl2N5OS/c1-2-9-7-22-13(19-9)20-12(21)17-4-3-16-11-10(15)5-8(14)6-18-11/h5-7H,2-4H2,1H3,(H,16,18)(H2,17,19,20,21). The monoisotopic (exact) mass is 359 g/mol. The van der Waals surface area contributed by atoms with Crippen LogP contribution in [0.25, 0.3) is 0 Å². The summed E-state index contributed by atoms with van der Waals surface area (Å²) in [5, 5.41) is 11.8. The Morgan fingerprint density at radius 1 is 1.36 bits per heavy atom. The molecule has 0 aliphatic carbocycles. The summed E-state index contributed by atoms with van der Waals surface area (Å²) in [6.07, 6.45) is 2.35. The molecule has 2 rings (SSSR count). The summed E-state index contributed by atoms with van der Waals surface area (Å²) in [7, 11) is 0. The van der Waals surface area contributed by atoms with Gasteiger partial charge in [0.2, 0.25) is 0 Å². The number of nitrogens with zero attached hydrogens (tertiary/aromatic N) is 2. The maximum atomic E-state index is 11.7. The zero-order chi connectivity index (χ0) is 15.9. The number of hydrogen-bond acceptors (Lipinski definition) is 5. The number of urea groups is 1. The van der Waals surface area contributed by atoms with E-state index < -0.39 is 0 Å². The first-order chi connectivity index (χ1) is 10.6. The van der Waals surface area contributed by atoms with Crippen molar-refractivity contribution in [2.45, 2.75) is 13.3 Å². The number of aryl methyl sites for hydroxylation is 1. The van der Waals surface area contributed by atoms with Crippen molar-refractivity contribution >= 4 is 51.5 Å². The Morgan fingerprint density at radius 3 is 2.86 bits per heavy atom. The van der Waals surface area contributed by atoms with Gasteiger partial charge in [0.15, 0.2) is 5.13 Å². The molecule has 0 aliphatic heterocycles. The van der Waals surface area contributed by atoms with E-state index in [0.717, 1.165) is 12.1 Å². The minimum absolute atomic E-state index is 0.297. The molecule has 118 valence electrons. The fraction of sp³-hybridized carbons (Fsp3) is 0.308. The highest BCUT2D eigenvalue weighted by atomic mass is 35.5. The number of thiazole rings is 1. The molecule has 0 saturated heterocycles. The highest BCUT2D eigenvalue weighted by Gasteiger charge is 2.06. The number of rotatable bonds is 6. The molecule has 6 nitrogen and oxygen atoms in total. The van der Waals surface area contributed by atoms with Crippen LogP contribution >= 0.6 is 34.5 Å². The number of halogens is 2. The topological polar surface area (TPSA) is 78.9 Å². The van der Waals surface area contributed by atoms with E-state index in [-0.39, 0.29) is 6.03 Å². The predicted octanol–water partition coefficient (Wildman–Crippen LogP) is 3.64. The van der Waals surface area contributed by atoms with Crippen LogP contribution in [-0.4, -0.2) is 29.1 Å². The second-order valence-electron chi connectivity index (χ2n) is 4.29. The summed E-state index contributed by atoms with van der Waals surface area (Å²) in [5.41, 5.74) is 0.963. The summed E-state index contributed by atoms with van der Waals surface area (Å²) >= 11 is 13.1. The van der Waals surface area contributed by atoms with E-state index in [1.165, 1.54) is 17.5 Å². The maximum absolute atomic E-state index is 11.7. The van der Waals surface area contributed by atoms with Crippen LogP contribution in [0.1, 0.15) is 12.6 Å². The lowest BCUT2D eigenvalue weighted by Gasteiger charge is -2.08. The molecule has 0 aromatic carbocycles. The fourth-order valence-electron chi connectivity index (χ4n) is 1.57. The first kappa shape index (κ1) is 16.8. The van der Waals surface area contributed by atoms with E-state index in [1.54, 1.807) is 6.07 Å². The minimum Gasteiger partial charge on any atom is -0.367 e. The average Bonchev–Trinajstić information content (AvgIpc) is 2.93. The number of carbonyl (C=O) groups is 1. The van der Waals surface area contributed by atoms with Gasteiger partial charge in [-0.2, -0.15) is 0 Å². The van der Waals surface area contributed by atoms with Crippen molar-refractivity contribution in [1.82, 2.24) is 15.3 Å². The van der Waals surface area contributed by atoms with Crippen LogP contribution in [0.3, 0.4) is 0 Å². The molecule has 9 heteroatoms. The van der Waals surface area contributed by atoms with Crippen molar-refractivity contribution < 1.29 is 4.79 Å². The third-order valence-electron chi connectivity index (χ3n) is 2.65. The Labute approximate surface area is 142 Å². The largest absolute Gasteiger partial charge is 0.367 e. The molecular formula is C13H15Cl2N5OS. The van der Waals surface area contributed by atoms with Crippen molar-refractivity contribution in [1.29, 1.82) is 0 Å². The second kappa shape index (κ2) is 8.17. The summed E-state index contributed by atoms with van der Waals surface area (Å²) < 4.78 is 0. The van der Waals surface area contributed by atoms with Gasteiger partial charge >= 0.3 is 6.03 Å². The van der Waals surface area contributed by atoms with Gasteiger partial charge in [-0.15, -0.1) is 11.3 Å². The molecule has 2 aromatic heterocycles. The molecule has 2 heterocycles. The number of carbonyl (C=O) groups excluding carboxylic acids is 1. The zero-order valence-electron chi connectivity index (χ0n) is 11.8. The van der Waals surface area contributed by atoms with Gasteiger partial charge in [0.1, 0.15) is 5.82 Å².